The van der Waals surface area contributed by atoms with E-state index in [0.717, 1.165) is 33.8 Å². The average Bonchev–Trinajstić information content (AvgIpc) is 3.43. The second kappa shape index (κ2) is 8.11. The Balaban J connectivity index is 1.31. The van der Waals surface area contributed by atoms with Crippen LogP contribution in [0.1, 0.15) is 62.7 Å². The Morgan fingerprint density at radius 3 is 2.58 bits per heavy atom. The molecule has 2 aromatic carbocycles. The van der Waals surface area contributed by atoms with Gasteiger partial charge in [0.05, 0.1) is 30.0 Å². The minimum Gasteiger partial charge on any atom is -0.493 e. The van der Waals surface area contributed by atoms with Crippen molar-refractivity contribution in [2.24, 2.45) is 0 Å². The molecule has 182 valence electrons. The zero-order chi connectivity index (χ0) is 25.1. The molecule has 0 bridgehead atoms. The number of aryl methyl sites for hydroxylation is 2. The van der Waals surface area contributed by atoms with Gasteiger partial charge < -0.3 is 4.74 Å². The van der Waals surface area contributed by atoms with E-state index in [1.54, 1.807) is 18.2 Å². The van der Waals surface area contributed by atoms with Crippen LogP contribution < -0.4 is 10.1 Å². The number of fused-ring (bicyclic) bond motifs is 2. The SMILES string of the molecule is Cc1cc(C)c2c(c1)[C@@H](n1cc(-c3ccc4c(c3)C(=O)N(C3CCC(=O)NC3=O)C4=O)nn1)CCO2. The van der Waals surface area contributed by atoms with Crippen molar-refractivity contribution in [3.8, 4) is 17.0 Å². The van der Waals surface area contributed by atoms with E-state index in [0.29, 0.717) is 17.9 Å². The summed E-state index contributed by atoms with van der Waals surface area (Å²) in [6, 6.07) is 8.08. The van der Waals surface area contributed by atoms with Gasteiger partial charge in [0.2, 0.25) is 11.8 Å². The fraction of sp³-hybridized carbons (Fsp3) is 0.308. The molecule has 1 saturated heterocycles. The molecule has 6 rings (SSSR count). The van der Waals surface area contributed by atoms with Crippen LogP contribution >= 0.6 is 0 Å². The number of imide groups is 2. The number of ether oxygens (including phenoxy) is 1. The summed E-state index contributed by atoms with van der Waals surface area (Å²) in [6.07, 6.45) is 2.77. The first-order chi connectivity index (χ1) is 17.3. The summed E-state index contributed by atoms with van der Waals surface area (Å²) in [6.45, 7) is 4.65. The predicted molar refractivity (Wildman–Crippen MR) is 126 cm³/mol. The van der Waals surface area contributed by atoms with Gasteiger partial charge in [0, 0.05) is 24.0 Å². The number of piperidine rings is 1. The lowest BCUT2D eigenvalue weighted by Crippen LogP contribution is -2.54. The summed E-state index contributed by atoms with van der Waals surface area (Å²) in [5.41, 5.74) is 4.92. The molecule has 1 unspecified atom stereocenters. The molecule has 10 nitrogen and oxygen atoms in total. The summed E-state index contributed by atoms with van der Waals surface area (Å²) < 4.78 is 7.73. The van der Waals surface area contributed by atoms with Gasteiger partial charge in [0.15, 0.2) is 0 Å². The van der Waals surface area contributed by atoms with Crippen molar-refractivity contribution in [1.82, 2.24) is 25.2 Å². The van der Waals surface area contributed by atoms with Gasteiger partial charge in [0.1, 0.15) is 17.5 Å². The van der Waals surface area contributed by atoms with Gasteiger partial charge >= 0.3 is 0 Å². The van der Waals surface area contributed by atoms with E-state index in [4.69, 9.17) is 4.74 Å². The zero-order valence-corrected chi connectivity index (χ0v) is 19.8. The summed E-state index contributed by atoms with van der Waals surface area (Å²) >= 11 is 0. The van der Waals surface area contributed by atoms with Gasteiger partial charge in [-0.15, -0.1) is 5.10 Å². The lowest BCUT2D eigenvalue weighted by Gasteiger charge is -2.27. The molecule has 3 aliphatic heterocycles. The summed E-state index contributed by atoms with van der Waals surface area (Å²) in [5, 5.41) is 10.9. The van der Waals surface area contributed by atoms with E-state index in [1.807, 2.05) is 24.7 Å². The van der Waals surface area contributed by atoms with Crippen LogP contribution in [0.5, 0.6) is 5.75 Å². The standard InChI is InChI=1S/C26H23N5O5/c1-13-9-14(2)23-18(10-13)20(7-8-36-23)30-12-19(28-29-30)15-3-4-16-17(11-15)26(35)31(25(16)34)21-5-6-22(32)27-24(21)33/h3-4,9-12,20-21H,5-8H2,1-2H3,(H,27,32,33)/t20-,21?/m0/s1. The number of nitrogens with one attached hydrogen (secondary N) is 1. The highest BCUT2D eigenvalue weighted by Gasteiger charge is 2.44. The van der Waals surface area contributed by atoms with E-state index < -0.39 is 29.7 Å². The first-order valence-electron chi connectivity index (χ1n) is 11.8. The molecule has 36 heavy (non-hydrogen) atoms. The smallest absolute Gasteiger partial charge is 0.262 e. The summed E-state index contributed by atoms with van der Waals surface area (Å²) in [5.74, 6) is -1.25. The Labute approximate surface area is 206 Å². The molecule has 0 radical (unpaired) electrons. The molecular weight excluding hydrogens is 462 g/mol. The van der Waals surface area contributed by atoms with E-state index >= 15 is 0 Å². The highest BCUT2D eigenvalue weighted by Crippen LogP contribution is 2.38. The molecule has 0 saturated carbocycles. The van der Waals surface area contributed by atoms with Crippen LogP contribution in [0.15, 0.2) is 36.5 Å². The van der Waals surface area contributed by atoms with Gasteiger partial charge in [-0.25, -0.2) is 4.68 Å². The molecule has 0 aliphatic carbocycles. The molecule has 3 aliphatic rings. The molecule has 3 aromatic rings. The van der Waals surface area contributed by atoms with Crippen LogP contribution in [0.25, 0.3) is 11.3 Å². The third kappa shape index (κ3) is 3.40. The number of aromatic nitrogens is 3. The third-order valence-electron chi connectivity index (χ3n) is 7.01. The maximum atomic E-state index is 13.2. The third-order valence-corrected chi connectivity index (χ3v) is 7.01. The first-order valence-corrected chi connectivity index (χ1v) is 11.8. The van der Waals surface area contributed by atoms with Gasteiger partial charge in [0.25, 0.3) is 11.8 Å². The topological polar surface area (TPSA) is 123 Å². The van der Waals surface area contributed by atoms with Crippen molar-refractivity contribution in [2.75, 3.05) is 6.61 Å². The van der Waals surface area contributed by atoms with Crippen molar-refractivity contribution in [1.29, 1.82) is 0 Å². The monoisotopic (exact) mass is 485 g/mol. The van der Waals surface area contributed by atoms with Crippen LogP contribution in [0.2, 0.25) is 0 Å². The van der Waals surface area contributed by atoms with Gasteiger partial charge in [-0.05, 0) is 38.0 Å². The van der Waals surface area contributed by atoms with Crippen molar-refractivity contribution in [2.45, 2.75) is 45.2 Å². The van der Waals surface area contributed by atoms with E-state index in [2.05, 4.69) is 27.8 Å². The van der Waals surface area contributed by atoms with Crippen molar-refractivity contribution >= 4 is 23.6 Å². The first kappa shape index (κ1) is 22.1. The fourth-order valence-corrected chi connectivity index (χ4v) is 5.33. The number of benzene rings is 2. The van der Waals surface area contributed by atoms with E-state index in [-0.39, 0.29) is 30.0 Å². The molecule has 4 amide bonds. The van der Waals surface area contributed by atoms with Crippen LogP contribution in [0.4, 0.5) is 0 Å². The number of carbonyl (C=O) groups excluding carboxylic acids is 4. The molecule has 1 aromatic heterocycles. The average molecular weight is 486 g/mol. The summed E-state index contributed by atoms with van der Waals surface area (Å²) in [7, 11) is 0. The molecular formula is C26H23N5O5. The van der Waals surface area contributed by atoms with Gasteiger partial charge in [-0.3, -0.25) is 29.4 Å². The van der Waals surface area contributed by atoms with Crippen LogP contribution in [-0.2, 0) is 9.59 Å². The molecule has 1 fully saturated rings. The van der Waals surface area contributed by atoms with Crippen molar-refractivity contribution in [3.63, 3.8) is 0 Å². The Morgan fingerprint density at radius 1 is 0.972 bits per heavy atom. The number of amides is 4. The molecule has 2 atom stereocenters. The normalized spacial score (nSPS) is 21.2. The fourth-order valence-electron chi connectivity index (χ4n) is 5.33. The lowest BCUT2D eigenvalue weighted by atomic mass is 9.96. The van der Waals surface area contributed by atoms with Crippen LogP contribution in [0, 0.1) is 13.8 Å². The zero-order valence-electron chi connectivity index (χ0n) is 19.8. The quantitative estimate of drug-likeness (QED) is 0.565. The number of rotatable bonds is 3. The second-order valence-corrected chi connectivity index (χ2v) is 9.44. The maximum Gasteiger partial charge on any atom is 0.262 e. The van der Waals surface area contributed by atoms with Gasteiger partial charge in [-0.2, -0.15) is 0 Å². The summed E-state index contributed by atoms with van der Waals surface area (Å²) in [4.78, 5) is 50.9. The Bertz CT molecular complexity index is 1480. The molecule has 0 spiro atoms. The largest absolute Gasteiger partial charge is 0.493 e. The van der Waals surface area contributed by atoms with Crippen LogP contribution in [-0.4, -0.2) is 56.2 Å². The molecule has 10 heteroatoms. The molecule has 4 heterocycles. The highest BCUT2D eigenvalue weighted by molar-refractivity contribution is 6.23. The van der Waals surface area contributed by atoms with Crippen LogP contribution in [0.3, 0.4) is 0 Å². The lowest BCUT2D eigenvalue weighted by molar-refractivity contribution is -0.136. The van der Waals surface area contributed by atoms with Crippen molar-refractivity contribution < 1.29 is 23.9 Å². The second-order valence-electron chi connectivity index (χ2n) is 9.44. The maximum absolute atomic E-state index is 13.2. The van der Waals surface area contributed by atoms with E-state index in [9.17, 15) is 19.2 Å². The Hall–Kier alpha value is -4.34. The Morgan fingerprint density at radius 2 is 1.78 bits per heavy atom. The number of hydrogen-bond acceptors (Lipinski definition) is 7. The van der Waals surface area contributed by atoms with Gasteiger partial charge in [-0.1, -0.05) is 29.0 Å². The molecule has 1 N–H and O–H groups in total. The number of carbonyl (C=O) groups is 4. The highest BCUT2D eigenvalue weighted by atomic mass is 16.5. The number of hydrogen-bond donors (Lipinski definition) is 1. The predicted octanol–water partition coefficient (Wildman–Crippen LogP) is 2.34. The number of nitrogens with zero attached hydrogens (tertiary/aromatic N) is 4. The minimum absolute atomic E-state index is 0.0331. The Kier molecular flexibility index (Phi) is 4.99. The van der Waals surface area contributed by atoms with E-state index in [1.165, 1.54) is 0 Å². The van der Waals surface area contributed by atoms with Crippen molar-refractivity contribution in [3.05, 3.63) is 64.3 Å². The minimum atomic E-state index is -1.00.